The van der Waals surface area contributed by atoms with Crippen LogP contribution in [0.5, 0.6) is 0 Å². The number of halogens is 1. The van der Waals surface area contributed by atoms with E-state index in [2.05, 4.69) is 79.7 Å². The molecule has 3 aliphatic rings. The highest BCUT2D eigenvalue weighted by Crippen LogP contribution is 2.60. The molecule has 4 heteroatoms. The Labute approximate surface area is 185 Å². The minimum atomic E-state index is -0.110. The van der Waals surface area contributed by atoms with Gasteiger partial charge in [-0.3, -0.25) is 4.79 Å². The number of carbonyl (C=O) groups excluding carboxylic acids is 1. The van der Waals surface area contributed by atoms with Gasteiger partial charge in [0, 0.05) is 30.2 Å². The van der Waals surface area contributed by atoms with E-state index < -0.39 is 0 Å². The highest BCUT2D eigenvalue weighted by molar-refractivity contribution is 6.17. The van der Waals surface area contributed by atoms with Crippen LogP contribution in [0.1, 0.15) is 55.1 Å². The number of ether oxygens (including phenoxy) is 1. The van der Waals surface area contributed by atoms with Crippen LogP contribution in [-0.4, -0.2) is 42.5 Å². The molecule has 3 aliphatic carbocycles. The summed E-state index contributed by atoms with van der Waals surface area (Å²) in [6, 6.07) is 21.6. The molecule has 5 rings (SSSR count). The molecule has 3 atom stereocenters. The van der Waals surface area contributed by atoms with Crippen LogP contribution in [0.2, 0.25) is 0 Å². The Bertz CT molecular complexity index is 789. The molecule has 0 saturated heterocycles. The second-order valence-corrected chi connectivity index (χ2v) is 9.54. The Morgan fingerprint density at radius 2 is 1.50 bits per heavy atom. The van der Waals surface area contributed by atoms with Crippen LogP contribution >= 0.6 is 11.6 Å². The summed E-state index contributed by atoms with van der Waals surface area (Å²) >= 11 is 5.81. The van der Waals surface area contributed by atoms with E-state index in [0.29, 0.717) is 30.6 Å². The SMILES string of the molecule is CN(C)C12C[C@H](OC(=O)CCCCl)C([C@H](c3ccccc3)C1)[C@H](c1ccccc1)C2. The fourth-order valence-corrected chi connectivity index (χ4v) is 5.97. The lowest BCUT2D eigenvalue weighted by Gasteiger charge is -2.60. The lowest BCUT2D eigenvalue weighted by Crippen LogP contribution is -2.61. The van der Waals surface area contributed by atoms with Gasteiger partial charge in [-0.25, -0.2) is 0 Å². The number of esters is 1. The lowest BCUT2D eigenvalue weighted by atomic mass is 9.52. The molecular weight excluding hydrogens is 394 g/mol. The van der Waals surface area contributed by atoms with Crippen LogP contribution in [0.25, 0.3) is 0 Å². The minimum absolute atomic E-state index is 0.0210. The number of fused-ring (bicyclic) bond motifs is 3. The third-order valence-corrected chi connectivity index (χ3v) is 7.61. The number of alkyl halides is 1. The standard InChI is InChI=1S/C26H32ClNO2/c1-28(2)26-16-21(19-10-5-3-6-11-19)25(22(17-26)20-12-7-4-8-13-20)23(18-26)30-24(29)14-9-15-27/h3-8,10-13,21-23,25H,9,14-18H2,1-2H3/t21-,22-,23-,25?,26?/m0/s1. The van der Waals surface area contributed by atoms with Crippen molar-refractivity contribution in [3.63, 3.8) is 0 Å². The molecule has 0 unspecified atom stereocenters. The van der Waals surface area contributed by atoms with Crippen LogP contribution in [0.4, 0.5) is 0 Å². The van der Waals surface area contributed by atoms with Crippen molar-refractivity contribution in [2.45, 2.75) is 55.6 Å². The van der Waals surface area contributed by atoms with Gasteiger partial charge in [-0.1, -0.05) is 60.7 Å². The van der Waals surface area contributed by atoms with E-state index in [1.54, 1.807) is 0 Å². The van der Waals surface area contributed by atoms with E-state index in [4.69, 9.17) is 16.3 Å². The second kappa shape index (κ2) is 9.11. The molecule has 0 heterocycles. The zero-order chi connectivity index (χ0) is 21.1. The van der Waals surface area contributed by atoms with Crippen LogP contribution < -0.4 is 0 Å². The maximum atomic E-state index is 12.6. The fourth-order valence-electron chi connectivity index (χ4n) is 5.84. The maximum absolute atomic E-state index is 12.6. The molecule has 3 nitrogen and oxygen atoms in total. The molecule has 3 fully saturated rings. The van der Waals surface area contributed by atoms with Gasteiger partial charge < -0.3 is 9.64 Å². The van der Waals surface area contributed by atoms with E-state index in [1.807, 2.05) is 0 Å². The highest BCUT2D eigenvalue weighted by Gasteiger charge is 2.58. The van der Waals surface area contributed by atoms with Crippen LogP contribution in [-0.2, 0) is 9.53 Å². The van der Waals surface area contributed by atoms with Gasteiger partial charge in [-0.15, -0.1) is 11.6 Å². The van der Waals surface area contributed by atoms with E-state index in [9.17, 15) is 4.79 Å². The predicted molar refractivity (Wildman–Crippen MR) is 122 cm³/mol. The molecule has 0 radical (unpaired) electrons. The molecule has 30 heavy (non-hydrogen) atoms. The summed E-state index contributed by atoms with van der Waals surface area (Å²) in [6.07, 6.45) is 4.10. The third kappa shape index (κ3) is 4.15. The van der Waals surface area contributed by atoms with Crippen LogP contribution in [0.15, 0.2) is 60.7 Å². The quantitative estimate of drug-likeness (QED) is 0.427. The van der Waals surface area contributed by atoms with E-state index in [1.165, 1.54) is 11.1 Å². The van der Waals surface area contributed by atoms with Gasteiger partial charge in [0.15, 0.2) is 0 Å². The van der Waals surface area contributed by atoms with Crippen molar-refractivity contribution in [3.8, 4) is 0 Å². The number of hydrogen-bond donors (Lipinski definition) is 0. The number of nitrogens with zero attached hydrogens (tertiary/aromatic N) is 1. The Morgan fingerprint density at radius 1 is 0.967 bits per heavy atom. The van der Waals surface area contributed by atoms with Crippen molar-refractivity contribution in [3.05, 3.63) is 71.8 Å². The van der Waals surface area contributed by atoms with Crippen molar-refractivity contribution < 1.29 is 9.53 Å². The zero-order valence-electron chi connectivity index (χ0n) is 18.0. The zero-order valence-corrected chi connectivity index (χ0v) is 18.7. The molecule has 0 aromatic heterocycles. The normalized spacial score (nSPS) is 30.4. The summed E-state index contributed by atoms with van der Waals surface area (Å²) in [5.74, 6) is 1.40. The number of hydrogen-bond acceptors (Lipinski definition) is 3. The summed E-state index contributed by atoms with van der Waals surface area (Å²) in [6.45, 7) is 0. The van der Waals surface area contributed by atoms with Gasteiger partial charge in [0.25, 0.3) is 0 Å². The monoisotopic (exact) mass is 425 g/mol. The van der Waals surface area contributed by atoms with E-state index in [0.717, 1.165) is 19.3 Å². The smallest absolute Gasteiger partial charge is 0.306 e. The van der Waals surface area contributed by atoms with Crippen LogP contribution in [0.3, 0.4) is 0 Å². The summed E-state index contributed by atoms with van der Waals surface area (Å²) in [5, 5.41) is 0. The van der Waals surface area contributed by atoms with E-state index >= 15 is 0 Å². The lowest BCUT2D eigenvalue weighted by molar-refractivity contribution is -0.167. The van der Waals surface area contributed by atoms with Gasteiger partial charge in [0.05, 0.1) is 0 Å². The molecule has 0 spiro atoms. The van der Waals surface area contributed by atoms with Crippen molar-refractivity contribution in [1.82, 2.24) is 4.90 Å². The van der Waals surface area contributed by atoms with Crippen molar-refractivity contribution >= 4 is 17.6 Å². The number of rotatable bonds is 7. The summed E-state index contributed by atoms with van der Waals surface area (Å²) in [4.78, 5) is 15.0. The molecule has 3 saturated carbocycles. The minimum Gasteiger partial charge on any atom is -0.462 e. The first kappa shape index (κ1) is 21.4. The Morgan fingerprint density at radius 3 is 1.97 bits per heavy atom. The maximum Gasteiger partial charge on any atom is 0.306 e. The predicted octanol–water partition coefficient (Wildman–Crippen LogP) is 5.60. The number of carbonyl (C=O) groups is 1. The van der Waals surface area contributed by atoms with Crippen molar-refractivity contribution in [2.24, 2.45) is 5.92 Å². The molecule has 0 aliphatic heterocycles. The number of benzene rings is 2. The molecule has 2 aromatic rings. The first-order valence-corrected chi connectivity index (χ1v) is 11.6. The second-order valence-electron chi connectivity index (χ2n) is 9.16. The van der Waals surface area contributed by atoms with Gasteiger partial charge >= 0.3 is 5.97 Å². The Kier molecular flexibility index (Phi) is 6.50. The van der Waals surface area contributed by atoms with Crippen molar-refractivity contribution in [2.75, 3.05) is 20.0 Å². The average molecular weight is 426 g/mol. The topological polar surface area (TPSA) is 29.5 Å². The summed E-state index contributed by atoms with van der Waals surface area (Å²) in [5.41, 5.74) is 2.74. The highest BCUT2D eigenvalue weighted by atomic mass is 35.5. The van der Waals surface area contributed by atoms with E-state index in [-0.39, 0.29) is 23.5 Å². The molecule has 0 amide bonds. The van der Waals surface area contributed by atoms with Gasteiger partial charge in [0.2, 0.25) is 0 Å². The molecule has 2 aromatic carbocycles. The summed E-state index contributed by atoms with van der Waals surface area (Å²) in [7, 11) is 4.37. The first-order chi connectivity index (χ1) is 14.5. The molecule has 160 valence electrons. The van der Waals surface area contributed by atoms with Gasteiger partial charge in [-0.05, 0) is 56.3 Å². The van der Waals surface area contributed by atoms with Crippen LogP contribution in [0, 0.1) is 5.92 Å². The van der Waals surface area contributed by atoms with Gasteiger partial charge in [0.1, 0.15) is 6.10 Å². The Hall–Kier alpha value is -1.84. The molecular formula is C26H32ClNO2. The van der Waals surface area contributed by atoms with Crippen molar-refractivity contribution in [1.29, 1.82) is 0 Å². The Balaban J connectivity index is 1.74. The first-order valence-electron chi connectivity index (χ1n) is 11.1. The largest absolute Gasteiger partial charge is 0.462 e. The van der Waals surface area contributed by atoms with Gasteiger partial charge in [-0.2, -0.15) is 0 Å². The molecule has 0 N–H and O–H groups in total. The fraction of sp³-hybridized carbons (Fsp3) is 0.500. The third-order valence-electron chi connectivity index (χ3n) is 7.34. The average Bonchev–Trinajstić information content (AvgIpc) is 2.78. The summed E-state index contributed by atoms with van der Waals surface area (Å²) < 4.78 is 6.18. The molecule has 2 bridgehead atoms.